The van der Waals surface area contributed by atoms with E-state index in [2.05, 4.69) is 16.7 Å². The highest BCUT2D eigenvalue weighted by molar-refractivity contribution is 6.42. The molecule has 1 fully saturated rings. The molecule has 2 aromatic rings. The van der Waals surface area contributed by atoms with Gasteiger partial charge in [0, 0.05) is 56.7 Å². The van der Waals surface area contributed by atoms with Gasteiger partial charge in [-0.05, 0) is 62.6 Å². The van der Waals surface area contributed by atoms with Crippen molar-refractivity contribution in [2.45, 2.75) is 52.0 Å². The lowest BCUT2D eigenvalue weighted by Gasteiger charge is -2.39. The summed E-state index contributed by atoms with van der Waals surface area (Å²) in [5.41, 5.74) is 1.78. The van der Waals surface area contributed by atoms with Crippen LogP contribution in [0.2, 0.25) is 10.0 Å². The number of likely N-dealkylation sites (N-methyl/N-ethyl adjacent to an activating group) is 1. The summed E-state index contributed by atoms with van der Waals surface area (Å²) < 4.78 is 0. The van der Waals surface area contributed by atoms with Crippen molar-refractivity contribution in [2.75, 3.05) is 39.8 Å². The molecule has 0 aliphatic carbocycles. The molecule has 3 rings (SSSR count). The van der Waals surface area contributed by atoms with Crippen LogP contribution in [0.3, 0.4) is 0 Å². The Morgan fingerprint density at radius 3 is 2.24 bits per heavy atom. The van der Waals surface area contributed by atoms with Gasteiger partial charge in [-0.1, -0.05) is 61.3 Å². The first kappa shape index (κ1) is 31.4. The maximum absolute atomic E-state index is 13.0. The Morgan fingerprint density at radius 2 is 1.68 bits per heavy atom. The van der Waals surface area contributed by atoms with Crippen molar-refractivity contribution >= 4 is 47.4 Å². The topological polar surface area (TPSA) is 43.9 Å². The fourth-order valence-electron chi connectivity index (χ4n) is 5.06. The first-order chi connectivity index (χ1) is 17.2. The summed E-state index contributed by atoms with van der Waals surface area (Å²) in [4.78, 5) is 31.9. The average molecular weight is 569 g/mol. The van der Waals surface area contributed by atoms with E-state index in [1.165, 1.54) is 0 Å². The molecule has 1 aliphatic rings. The van der Waals surface area contributed by atoms with Crippen molar-refractivity contribution < 1.29 is 9.59 Å². The molecule has 1 aliphatic heterocycles. The van der Waals surface area contributed by atoms with Gasteiger partial charge in [0.15, 0.2) is 0 Å². The number of rotatable bonds is 10. The fraction of sp³-hybridized carbons (Fsp3) is 0.517. The molecule has 1 atom stereocenters. The SMILES string of the molecule is CCN(C(=O)C(C)C)C1CCN(CCC(CN(C)C(=O)c2ccccc2)c2ccc(Cl)c(Cl)c2)CC1.Cl. The first-order valence-corrected chi connectivity index (χ1v) is 13.7. The van der Waals surface area contributed by atoms with E-state index >= 15 is 0 Å². The Kier molecular flexibility index (Phi) is 12.7. The molecule has 0 aromatic heterocycles. The molecular formula is C29H40Cl3N3O2. The molecule has 0 spiro atoms. The van der Waals surface area contributed by atoms with Crippen molar-refractivity contribution in [3.8, 4) is 0 Å². The number of benzene rings is 2. The molecule has 0 N–H and O–H groups in total. The molecule has 0 bridgehead atoms. The summed E-state index contributed by atoms with van der Waals surface area (Å²) in [6.45, 7) is 10.2. The van der Waals surface area contributed by atoms with Gasteiger partial charge in [-0.15, -0.1) is 12.4 Å². The number of nitrogens with zero attached hydrogens (tertiary/aromatic N) is 3. The van der Waals surface area contributed by atoms with E-state index in [-0.39, 0.29) is 36.1 Å². The van der Waals surface area contributed by atoms with Gasteiger partial charge in [0.25, 0.3) is 5.91 Å². The molecule has 204 valence electrons. The summed E-state index contributed by atoms with van der Waals surface area (Å²) in [6, 6.07) is 15.5. The summed E-state index contributed by atoms with van der Waals surface area (Å²) in [5.74, 6) is 0.424. The average Bonchev–Trinajstić information content (AvgIpc) is 2.89. The van der Waals surface area contributed by atoms with E-state index in [9.17, 15) is 9.59 Å². The Morgan fingerprint density at radius 1 is 1.03 bits per heavy atom. The van der Waals surface area contributed by atoms with Crippen LogP contribution in [0.15, 0.2) is 48.5 Å². The molecule has 1 heterocycles. The third-order valence-electron chi connectivity index (χ3n) is 7.19. The number of likely N-dealkylation sites (tertiary alicyclic amines) is 1. The summed E-state index contributed by atoms with van der Waals surface area (Å²) >= 11 is 12.5. The fourth-order valence-corrected chi connectivity index (χ4v) is 5.37. The van der Waals surface area contributed by atoms with E-state index in [4.69, 9.17) is 23.2 Å². The molecule has 0 radical (unpaired) electrons. The molecule has 1 saturated heterocycles. The number of hydrogen-bond acceptors (Lipinski definition) is 3. The van der Waals surface area contributed by atoms with E-state index in [1.807, 2.05) is 69.4 Å². The van der Waals surface area contributed by atoms with Gasteiger partial charge < -0.3 is 14.7 Å². The molecule has 2 aromatic carbocycles. The van der Waals surface area contributed by atoms with Gasteiger partial charge in [0.1, 0.15) is 0 Å². The van der Waals surface area contributed by atoms with Crippen molar-refractivity contribution in [3.05, 3.63) is 69.7 Å². The third kappa shape index (κ3) is 8.61. The molecule has 0 saturated carbocycles. The normalized spacial score (nSPS) is 15.2. The van der Waals surface area contributed by atoms with E-state index in [0.29, 0.717) is 28.2 Å². The van der Waals surface area contributed by atoms with Crippen LogP contribution in [0.5, 0.6) is 0 Å². The molecule has 1 unspecified atom stereocenters. The van der Waals surface area contributed by atoms with Crippen molar-refractivity contribution in [2.24, 2.45) is 5.92 Å². The van der Waals surface area contributed by atoms with Gasteiger partial charge in [-0.3, -0.25) is 9.59 Å². The zero-order valence-electron chi connectivity index (χ0n) is 22.3. The van der Waals surface area contributed by atoms with E-state index in [1.54, 1.807) is 4.90 Å². The van der Waals surface area contributed by atoms with Crippen LogP contribution in [0.4, 0.5) is 0 Å². The predicted molar refractivity (Wildman–Crippen MR) is 156 cm³/mol. The number of halogens is 3. The minimum Gasteiger partial charge on any atom is -0.341 e. The zero-order valence-corrected chi connectivity index (χ0v) is 24.7. The predicted octanol–water partition coefficient (Wildman–Crippen LogP) is 6.63. The highest BCUT2D eigenvalue weighted by atomic mass is 35.5. The number of hydrogen-bond donors (Lipinski definition) is 0. The second kappa shape index (κ2) is 15.0. The van der Waals surface area contributed by atoms with Gasteiger partial charge in [0.2, 0.25) is 5.91 Å². The van der Waals surface area contributed by atoms with Crippen molar-refractivity contribution in [3.63, 3.8) is 0 Å². The molecule has 2 amide bonds. The second-order valence-corrected chi connectivity index (χ2v) is 10.9. The lowest BCUT2D eigenvalue weighted by atomic mass is 9.93. The maximum Gasteiger partial charge on any atom is 0.253 e. The summed E-state index contributed by atoms with van der Waals surface area (Å²) in [6.07, 6.45) is 2.89. The minimum atomic E-state index is 0. The van der Waals surface area contributed by atoms with Crippen LogP contribution in [-0.4, -0.2) is 72.3 Å². The number of amides is 2. The molecule has 37 heavy (non-hydrogen) atoms. The quantitative estimate of drug-likeness (QED) is 0.323. The molecule has 8 heteroatoms. The number of carbonyl (C=O) groups is 2. The Balaban J connectivity index is 0.00000481. The maximum atomic E-state index is 13.0. The Hall–Kier alpha value is -1.79. The van der Waals surface area contributed by atoms with Crippen LogP contribution >= 0.6 is 35.6 Å². The Labute approximate surface area is 238 Å². The molecule has 5 nitrogen and oxygen atoms in total. The van der Waals surface area contributed by atoms with Gasteiger partial charge in [0.05, 0.1) is 10.0 Å². The van der Waals surface area contributed by atoms with Gasteiger partial charge in [-0.25, -0.2) is 0 Å². The van der Waals surface area contributed by atoms with Gasteiger partial charge in [-0.2, -0.15) is 0 Å². The van der Waals surface area contributed by atoms with Crippen LogP contribution < -0.4 is 0 Å². The highest BCUT2D eigenvalue weighted by Gasteiger charge is 2.28. The smallest absolute Gasteiger partial charge is 0.253 e. The van der Waals surface area contributed by atoms with Crippen LogP contribution in [-0.2, 0) is 4.79 Å². The summed E-state index contributed by atoms with van der Waals surface area (Å²) in [5, 5.41) is 1.07. The standard InChI is InChI=1S/C29H39Cl2N3O2.ClH/c1-5-34(28(35)21(2)3)25-14-17-33(18-15-25)16-13-24(23-11-12-26(30)27(31)19-23)20-32(4)29(36)22-9-7-6-8-10-22;/h6-12,19,21,24-25H,5,13-18,20H2,1-4H3;1H. The summed E-state index contributed by atoms with van der Waals surface area (Å²) in [7, 11) is 1.86. The highest BCUT2D eigenvalue weighted by Crippen LogP contribution is 2.30. The van der Waals surface area contributed by atoms with Crippen LogP contribution in [0.25, 0.3) is 0 Å². The van der Waals surface area contributed by atoms with E-state index in [0.717, 1.165) is 51.0 Å². The lowest BCUT2D eigenvalue weighted by molar-refractivity contribution is -0.137. The minimum absolute atomic E-state index is 0. The lowest BCUT2D eigenvalue weighted by Crippen LogP contribution is -2.48. The first-order valence-electron chi connectivity index (χ1n) is 13.0. The monoisotopic (exact) mass is 567 g/mol. The second-order valence-electron chi connectivity index (χ2n) is 10.1. The van der Waals surface area contributed by atoms with Crippen LogP contribution in [0, 0.1) is 5.92 Å². The number of carbonyl (C=O) groups excluding carboxylic acids is 2. The van der Waals surface area contributed by atoms with Gasteiger partial charge >= 0.3 is 0 Å². The Bertz CT molecular complexity index is 1010. The van der Waals surface area contributed by atoms with Crippen LogP contribution in [0.1, 0.15) is 61.9 Å². The van der Waals surface area contributed by atoms with E-state index < -0.39 is 0 Å². The third-order valence-corrected chi connectivity index (χ3v) is 7.93. The zero-order chi connectivity index (χ0) is 26.2. The van der Waals surface area contributed by atoms with Crippen molar-refractivity contribution in [1.82, 2.24) is 14.7 Å². The number of piperidine rings is 1. The largest absolute Gasteiger partial charge is 0.341 e. The molecular weight excluding hydrogens is 529 g/mol. The van der Waals surface area contributed by atoms with Crippen molar-refractivity contribution in [1.29, 1.82) is 0 Å².